The predicted molar refractivity (Wildman–Crippen MR) is 121 cm³/mol. The molecule has 1 fully saturated rings. The van der Waals surface area contributed by atoms with Crippen molar-refractivity contribution >= 4 is 29.9 Å². The van der Waals surface area contributed by atoms with E-state index >= 15 is 0 Å². The monoisotopic (exact) mass is 528 g/mol. The highest BCUT2D eigenvalue weighted by Crippen LogP contribution is 2.23. The van der Waals surface area contributed by atoms with Crippen molar-refractivity contribution in [1.82, 2.24) is 15.5 Å². The normalized spacial score (nSPS) is 17.3. The molecule has 9 heteroatoms. The van der Waals surface area contributed by atoms with Crippen LogP contribution < -0.4 is 15.4 Å². The first-order valence-electron chi connectivity index (χ1n) is 9.81. The summed E-state index contributed by atoms with van der Waals surface area (Å²) in [6.45, 7) is 3.60. The minimum Gasteiger partial charge on any atom is -0.489 e. The van der Waals surface area contributed by atoms with Gasteiger partial charge in [0.05, 0.1) is 13.1 Å². The number of nitrogens with zero attached hydrogens (tertiary/aromatic N) is 2. The molecule has 1 atom stereocenters. The van der Waals surface area contributed by atoms with Crippen molar-refractivity contribution < 1.29 is 17.9 Å². The second kappa shape index (κ2) is 13.1. The average Bonchev–Trinajstić information content (AvgIpc) is 2.65. The number of benzene rings is 1. The Balaban J connectivity index is 0.00000420. The molecule has 166 valence electrons. The summed E-state index contributed by atoms with van der Waals surface area (Å²) in [6, 6.07) is 9.65. The molecule has 0 aliphatic carbocycles. The van der Waals surface area contributed by atoms with Gasteiger partial charge in [-0.3, -0.25) is 9.89 Å². The lowest BCUT2D eigenvalue weighted by atomic mass is 9.93. The summed E-state index contributed by atoms with van der Waals surface area (Å²) in [6.07, 6.45) is -1.57. The number of hydrogen-bond donors (Lipinski definition) is 2. The molecule has 0 amide bonds. The summed E-state index contributed by atoms with van der Waals surface area (Å²) >= 11 is 0. The number of guanidine groups is 1. The molecule has 1 aromatic rings. The first-order chi connectivity index (χ1) is 13.4. The molecule has 0 saturated carbocycles. The Bertz CT molecular complexity index is 593. The third-order valence-electron chi connectivity index (χ3n) is 4.82. The van der Waals surface area contributed by atoms with Gasteiger partial charge in [0.25, 0.3) is 0 Å². The van der Waals surface area contributed by atoms with E-state index in [-0.39, 0.29) is 30.1 Å². The van der Waals surface area contributed by atoms with Crippen LogP contribution >= 0.6 is 24.0 Å². The van der Waals surface area contributed by atoms with E-state index in [4.69, 9.17) is 4.74 Å². The van der Waals surface area contributed by atoms with Gasteiger partial charge in [-0.05, 0) is 57.3 Å². The Morgan fingerprint density at radius 1 is 1.21 bits per heavy atom. The zero-order valence-electron chi connectivity index (χ0n) is 17.0. The fraction of sp³-hybridized carbons (Fsp3) is 0.650. The van der Waals surface area contributed by atoms with Crippen LogP contribution in [0.2, 0.25) is 0 Å². The lowest BCUT2D eigenvalue weighted by molar-refractivity contribution is -0.148. The molecule has 1 aliphatic heterocycles. The SMILES string of the molecule is CN=C(NCCC1CCN(CC(F)(F)F)CC1)NCC(C)Oc1ccccc1.I. The van der Waals surface area contributed by atoms with Gasteiger partial charge in [-0.15, -0.1) is 24.0 Å². The summed E-state index contributed by atoms with van der Waals surface area (Å²) in [5.41, 5.74) is 0. The van der Waals surface area contributed by atoms with Gasteiger partial charge in [0.1, 0.15) is 11.9 Å². The minimum absolute atomic E-state index is 0. The molecule has 1 aromatic carbocycles. The average molecular weight is 528 g/mol. The van der Waals surface area contributed by atoms with Gasteiger partial charge < -0.3 is 15.4 Å². The van der Waals surface area contributed by atoms with Gasteiger partial charge in [-0.2, -0.15) is 13.2 Å². The molecule has 2 N–H and O–H groups in total. The highest BCUT2D eigenvalue weighted by Gasteiger charge is 2.32. The second-order valence-electron chi connectivity index (χ2n) is 7.24. The fourth-order valence-corrected chi connectivity index (χ4v) is 3.32. The van der Waals surface area contributed by atoms with Crippen LogP contribution in [-0.4, -0.2) is 62.9 Å². The molecule has 1 unspecified atom stereocenters. The minimum atomic E-state index is -4.10. The first-order valence-corrected chi connectivity index (χ1v) is 9.81. The Morgan fingerprint density at radius 2 is 1.86 bits per heavy atom. The molecule has 1 aliphatic rings. The highest BCUT2D eigenvalue weighted by molar-refractivity contribution is 14.0. The van der Waals surface area contributed by atoms with E-state index in [0.717, 1.165) is 31.6 Å². The van der Waals surface area contributed by atoms with Crippen LogP contribution in [-0.2, 0) is 0 Å². The quantitative estimate of drug-likeness (QED) is 0.306. The molecule has 2 rings (SSSR count). The Kier molecular flexibility index (Phi) is 11.7. The number of alkyl halides is 3. The standard InChI is InChI=1S/C20H31F3N4O.HI/c1-16(28-18-6-4-3-5-7-18)14-26-19(24-2)25-11-8-17-9-12-27(13-10-17)15-20(21,22)23;/h3-7,16-17H,8-15H2,1-2H3,(H2,24,25,26);1H. The zero-order valence-corrected chi connectivity index (χ0v) is 19.4. The number of hydrogen-bond acceptors (Lipinski definition) is 3. The number of rotatable bonds is 8. The van der Waals surface area contributed by atoms with Crippen LogP contribution in [0.3, 0.4) is 0 Å². The van der Waals surface area contributed by atoms with Gasteiger partial charge >= 0.3 is 6.18 Å². The smallest absolute Gasteiger partial charge is 0.401 e. The van der Waals surface area contributed by atoms with Crippen LogP contribution in [0.5, 0.6) is 5.75 Å². The Labute approximate surface area is 188 Å². The van der Waals surface area contributed by atoms with Crippen molar-refractivity contribution in [2.24, 2.45) is 10.9 Å². The van der Waals surface area contributed by atoms with Crippen LogP contribution in [0.15, 0.2) is 35.3 Å². The number of aliphatic imine (C=N–C) groups is 1. The number of para-hydroxylation sites is 1. The molecule has 0 radical (unpaired) electrons. The van der Waals surface area contributed by atoms with Crippen molar-refractivity contribution in [2.75, 3.05) is 39.8 Å². The number of nitrogens with one attached hydrogen (secondary N) is 2. The van der Waals surface area contributed by atoms with Gasteiger partial charge in [-0.1, -0.05) is 18.2 Å². The number of likely N-dealkylation sites (tertiary alicyclic amines) is 1. The Hall–Kier alpha value is -1.23. The van der Waals surface area contributed by atoms with Gasteiger partial charge in [0.15, 0.2) is 5.96 Å². The van der Waals surface area contributed by atoms with Crippen molar-refractivity contribution in [3.63, 3.8) is 0 Å². The van der Waals surface area contributed by atoms with Crippen LogP contribution in [0.25, 0.3) is 0 Å². The molecule has 0 spiro atoms. The molecule has 0 bridgehead atoms. The van der Waals surface area contributed by atoms with E-state index < -0.39 is 12.7 Å². The number of halogens is 4. The largest absolute Gasteiger partial charge is 0.489 e. The molecular formula is C20H32F3IN4O. The lowest BCUT2D eigenvalue weighted by Gasteiger charge is -2.32. The summed E-state index contributed by atoms with van der Waals surface area (Å²) < 4.78 is 43.1. The first kappa shape index (κ1) is 25.8. The van der Waals surface area contributed by atoms with E-state index in [1.54, 1.807) is 7.05 Å². The molecule has 0 aromatic heterocycles. The zero-order chi connectivity index (χ0) is 20.4. The summed E-state index contributed by atoms with van der Waals surface area (Å²) in [5.74, 6) is 1.99. The second-order valence-corrected chi connectivity index (χ2v) is 7.24. The summed E-state index contributed by atoms with van der Waals surface area (Å²) in [4.78, 5) is 5.71. The number of piperidine rings is 1. The molecule has 1 saturated heterocycles. The van der Waals surface area contributed by atoms with Crippen LogP contribution in [0.4, 0.5) is 13.2 Å². The van der Waals surface area contributed by atoms with Crippen molar-refractivity contribution in [1.29, 1.82) is 0 Å². The number of ether oxygens (including phenoxy) is 1. The maximum absolute atomic E-state index is 12.4. The van der Waals surface area contributed by atoms with Crippen molar-refractivity contribution in [2.45, 2.75) is 38.5 Å². The van der Waals surface area contributed by atoms with E-state index in [9.17, 15) is 13.2 Å². The van der Waals surface area contributed by atoms with E-state index in [1.165, 1.54) is 4.90 Å². The summed E-state index contributed by atoms with van der Waals surface area (Å²) in [5, 5.41) is 6.52. The lowest BCUT2D eigenvalue weighted by Crippen LogP contribution is -2.43. The van der Waals surface area contributed by atoms with Crippen LogP contribution in [0.1, 0.15) is 26.2 Å². The van der Waals surface area contributed by atoms with Crippen LogP contribution in [0, 0.1) is 5.92 Å². The fourth-order valence-electron chi connectivity index (χ4n) is 3.32. The third-order valence-corrected chi connectivity index (χ3v) is 4.82. The highest BCUT2D eigenvalue weighted by atomic mass is 127. The predicted octanol–water partition coefficient (Wildman–Crippen LogP) is 3.90. The molecule has 1 heterocycles. The molecule has 5 nitrogen and oxygen atoms in total. The van der Waals surface area contributed by atoms with Crippen molar-refractivity contribution in [3.8, 4) is 5.75 Å². The Morgan fingerprint density at radius 3 is 2.45 bits per heavy atom. The molecule has 29 heavy (non-hydrogen) atoms. The maximum atomic E-state index is 12.4. The maximum Gasteiger partial charge on any atom is 0.401 e. The van der Waals surface area contributed by atoms with Gasteiger partial charge in [0, 0.05) is 13.6 Å². The summed E-state index contributed by atoms with van der Waals surface area (Å²) in [7, 11) is 1.72. The van der Waals surface area contributed by atoms with E-state index in [1.807, 2.05) is 37.3 Å². The van der Waals surface area contributed by atoms with Crippen molar-refractivity contribution in [3.05, 3.63) is 30.3 Å². The topological polar surface area (TPSA) is 48.9 Å². The van der Waals surface area contributed by atoms with Gasteiger partial charge in [-0.25, -0.2) is 0 Å². The van der Waals surface area contributed by atoms with E-state index in [2.05, 4.69) is 15.6 Å². The van der Waals surface area contributed by atoms with E-state index in [0.29, 0.717) is 31.5 Å². The van der Waals surface area contributed by atoms with Gasteiger partial charge in [0.2, 0.25) is 0 Å². The molecular weight excluding hydrogens is 496 g/mol. The third kappa shape index (κ3) is 10.9.